The number of carboxylic acids is 1. The number of likely N-dealkylation sites (N-methyl/N-ethyl adjacent to an activating group) is 2. The number of aliphatic carboxylic acids is 1. The first-order valence-electron chi connectivity index (χ1n) is 18.3. The summed E-state index contributed by atoms with van der Waals surface area (Å²) in [5.41, 5.74) is 0.776. The van der Waals surface area contributed by atoms with Gasteiger partial charge in [-0.15, -0.1) is 0 Å². The maximum Gasteiger partial charge on any atom is 0.326 e. The zero-order valence-electron chi connectivity index (χ0n) is 32.7. The lowest BCUT2D eigenvalue weighted by Crippen LogP contribution is -2.59. The normalized spacial score (nSPS) is 19.2. The molecule has 52 heavy (non-hydrogen) atoms. The van der Waals surface area contributed by atoms with Crippen molar-refractivity contribution in [2.24, 2.45) is 17.8 Å². The van der Waals surface area contributed by atoms with Crippen molar-refractivity contribution >= 4 is 29.6 Å². The molecule has 1 aromatic rings. The molecular weight excluding hydrogens is 670 g/mol. The van der Waals surface area contributed by atoms with E-state index in [1.165, 1.54) is 14.2 Å². The van der Waals surface area contributed by atoms with E-state index in [9.17, 15) is 34.2 Å². The summed E-state index contributed by atoms with van der Waals surface area (Å²) < 4.78 is 11.8. The van der Waals surface area contributed by atoms with Crippen LogP contribution < -0.4 is 10.6 Å². The Balaban J connectivity index is 2.26. The van der Waals surface area contributed by atoms with Gasteiger partial charge in [-0.05, 0) is 44.3 Å². The van der Waals surface area contributed by atoms with Crippen LogP contribution >= 0.6 is 0 Å². The van der Waals surface area contributed by atoms with E-state index in [1.807, 2.05) is 45.9 Å². The second kappa shape index (κ2) is 21.2. The van der Waals surface area contributed by atoms with Crippen LogP contribution in [0.25, 0.3) is 0 Å². The number of aliphatic hydroxyl groups excluding tert-OH is 1. The van der Waals surface area contributed by atoms with Crippen LogP contribution in [-0.4, -0.2) is 145 Å². The van der Waals surface area contributed by atoms with Gasteiger partial charge in [-0.25, -0.2) is 4.79 Å². The first-order valence-corrected chi connectivity index (χ1v) is 18.3. The number of carbonyl (C=O) groups excluding carboxylic acids is 4. The Labute approximate surface area is 309 Å². The molecule has 0 aliphatic carbocycles. The number of carbonyl (C=O) groups is 5. The van der Waals surface area contributed by atoms with Gasteiger partial charge < -0.3 is 40.1 Å². The molecule has 0 saturated carbocycles. The first kappa shape index (κ1) is 44.6. The minimum absolute atomic E-state index is 0.0409. The van der Waals surface area contributed by atoms with E-state index in [2.05, 4.69) is 10.6 Å². The molecule has 4 N–H and O–H groups in total. The number of methoxy groups -OCH3 is 2. The summed E-state index contributed by atoms with van der Waals surface area (Å²) >= 11 is 0. The van der Waals surface area contributed by atoms with E-state index in [1.54, 1.807) is 54.9 Å². The monoisotopic (exact) mass is 733 g/mol. The maximum atomic E-state index is 14.1. The van der Waals surface area contributed by atoms with E-state index in [-0.39, 0.29) is 36.5 Å². The van der Waals surface area contributed by atoms with Crippen LogP contribution in [0.1, 0.15) is 65.9 Å². The Bertz CT molecular complexity index is 1310. The van der Waals surface area contributed by atoms with Crippen LogP contribution in [0.3, 0.4) is 0 Å². The van der Waals surface area contributed by atoms with E-state index in [0.29, 0.717) is 25.8 Å². The van der Waals surface area contributed by atoms with Gasteiger partial charge in [0.2, 0.25) is 23.6 Å². The molecule has 294 valence electrons. The van der Waals surface area contributed by atoms with E-state index in [0.717, 1.165) is 5.56 Å². The van der Waals surface area contributed by atoms with E-state index >= 15 is 0 Å². The lowest BCUT2D eigenvalue weighted by Gasteiger charge is -2.41. The Kier molecular flexibility index (Phi) is 18.2. The van der Waals surface area contributed by atoms with Crippen LogP contribution in [-0.2, 0) is 39.9 Å². The molecular formula is C38H63N5O9. The Morgan fingerprint density at radius 2 is 1.60 bits per heavy atom. The van der Waals surface area contributed by atoms with Crippen LogP contribution in [0.15, 0.2) is 30.3 Å². The molecule has 14 nitrogen and oxygen atoms in total. The van der Waals surface area contributed by atoms with Crippen molar-refractivity contribution < 1.29 is 43.7 Å². The second-order valence-corrected chi connectivity index (χ2v) is 14.6. The molecule has 2 rings (SSSR count). The minimum Gasteiger partial charge on any atom is -0.480 e. The summed E-state index contributed by atoms with van der Waals surface area (Å²) in [7, 11) is 8.01. The Morgan fingerprint density at radius 3 is 2.10 bits per heavy atom. The number of hydrogen-bond donors (Lipinski definition) is 4. The maximum absolute atomic E-state index is 14.1. The van der Waals surface area contributed by atoms with Gasteiger partial charge in [-0.3, -0.25) is 24.1 Å². The van der Waals surface area contributed by atoms with Crippen molar-refractivity contribution in [3.05, 3.63) is 35.9 Å². The number of hydrogen-bond acceptors (Lipinski definition) is 9. The van der Waals surface area contributed by atoms with Crippen molar-refractivity contribution in [1.29, 1.82) is 0 Å². The molecule has 4 amide bonds. The van der Waals surface area contributed by atoms with Crippen molar-refractivity contribution in [3.8, 4) is 0 Å². The largest absolute Gasteiger partial charge is 0.480 e. The molecule has 0 radical (unpaired) electrons. The fourth-order valence-corrected chi connectivity index (χ4v) is 7.12. The molecule has 9 atom stereocenters. The number of likely N-dealkylation sites (tertiary alicyclic amines) is 1. The van der Waals surface area contributed by atoms with Gasteiger partial charge in [0.15, 0.2) is 0 Å². The standard InChI is InChI=1S/C38H63N5O9/c1-11-24(4)33(42(8)37(48)32(23(2)3)40-36(47)29(22-44)41(6)7)30(51-9)21-31(45)43-19-15-18-28(43)34(52-10)25(5)35(46)39-27(38(49)50)20-26-16-13-12-14-17-26/h12-14,16-17,23-25,27-30,32-34,44H,11,15,18-22H2,1-10H3,(H,39,46)(H,40,47)(H,49,50). The Hall–Kier alpha value is -3.59. The number of nitrogens with one attached hydrogen (secondary N) is 2. The van der Waals surface area contributed by atoms with Crippen molar-refractivity contribution in [2.45, 2.75) is 109 Å². The second-order valence-electron chi connectivity index (χ2n) is 14.6. The SMILES string of the molecule is CCC(C)C(C(CC(=O)N1CCCC1C(OC)C(C)C(=O)NC(Cc1ccccc1)C(=O)O)OC)N(C)C(=O)C(NC(=O)C(CO)N(C)C)C(C)C. The first-order chi connectivity index (χ1) is 24.5. The molecule has 0 aromatic heterocycles. The van der Waals surface area contributed by atoms with Gasteiger partial charge in [-0.1, -0.05) is 71.4 Å². The summed E-state index contributed by atoms with van der Waals surface area (Å²) in [6, 6.07) is 5.27. The smallest absolute Gasteiger partial charge is 0.326 e. The third-order valence-corrected chi connectivity index (χ3v) is 10.5. The van der Waals surface area contributed by atoms with Gasteiger partial charge in [-0.2, -0.15) is 0 Å². The van der Waals surface area contributed by atoms with Crippen molar-refractivity contribution in [1.82, 2.24) is 25.3 Å². The highest BCUT2D eigenvalue weighted by Crippen LogP contribution is 2.29. The summed E-state index contributed by atoms with van der Waals surface area (Å²) in [5, 5.41) is 25.1. The lowest BCUT2D eigenvalue weighted by atomic mass is 9.89. The molecule has 0 bridgehead atoms. The zero-order valence-corrected chi connectivity index (χ0v) is 32.7. The topological polar surface area (TPSA) is 178 Å². The van der Waals surface area contributed by atoms with Crippen LogP contribution in [0.4, 0.5) is 0 Å². The van der Waals surface area contributed by atoms with Crippen LogP contribution in [0.2, 0.25) is 0 Å². The number of aliphatic hydroxyl groups is 1. The summed E-state index contributed by atoms with van der Waals surface area (Å²) in [4.78, 5) is 71.6. The minimum atomic E-state index is -1.15. The molecule has 9 unspecified atom stereocenters. The quantitative estimate of drug-likeness (QED) is 0.146. The Morgan fingerprint density at radius 1 is 0.962 bits per heavy atom. The average Bonchev–Trinajstić information content (AvgIpc) is 3.59. The van der Waals surface area contributed by atoms with Gasteiger partial charge in [0.1, 0.15) is 18.1 Å². The predicted molar refractivity (Wildman–Crippen MR) is 197 cm³/mol. The number of benzene rings is 1. The molecule has 1 aliphatic heterocycles. The lowest BCUT2D eigenvalue weighted by molar-refractivity contribution is -0.148. The predicted octanol–water partition coefficient (Wildman–Crippen LogP) is 1.78. The van der Waals surface area contributed by atoms with E-state index < -0.39 is 72.7 Å². The fourth-order valence-electron chi connectivity index (χ4n) is 7.12. The number of amides is 4. The van der Waals surface area contributed by atoms with Gasteiger partial charge >= 0.3 is 5.97 Å². The van der Waals surface area contributed by atoms with Gasteiger partial charge in [0, 0.05) is 34.2 Å². The number of rotatable bonds is 21. The number of ether oxygens (including phenoxy) is 2. The third-order valence-electron chi connectivity index (χ3n) is 10.5. The third kappa shape index (κ3) is 11.7. The molecule has 14 heteroatoms. The number of carboxylic acid groups (broad SMARTS) is 1. The van der Waals surface area contributed by atoms with Crippen LogP contribution in [0.5, 0.6) is 0 Å². The highest BCUT2D eigenvalue weighted by Gasteiger charge is 2.43. The average molecular weight is 734 g/mol. The van der Waals surface area contributed by atoms with Crippen LogP contribution in [0, 0.1) is 17.8 Å². The summed E-state index contributed by atoms with van der Waals surface area (Å²) in [6.07, 6.45) is 0.666. The molecule has 1 fully saturated rings. The van der Waals surface area contributed by atoms with Crippen molar-refractivity contribution in [3.63, 3.8) is 0 Å². The van der Waals surface area contributed by atoms with Gasteiger partial charge in [0.05, 0.1) is 43.2 Å². The van der Waals surface area contributed by atoms with Crippen molar-refractivity contribution in [2.75, 3.05) is 48.5 Å². The summed E-state index contributed by atoms with van der Waals surface area (Å²) in [6.45, 7) is 9.37. The molecule has 0 spiro atoms. The molecule has 1 heterocycles. The molecule has 1 aromatic carbocycles. The highest BCUT2D eigenvalue weighted by atomic mass is 16.5. The summed E-state index contributed by atoms with van der Waals surface area (Å²) in [5.74, 6) is -3.74. The fraction of sp³-hybridized carbons (Fsp3) is 0.711. The molecule has 1 saturated heterocycles. The van der Waals surface area contributed by atoms with E-state index in [4.69, 9.17) is 9.47 Å². The van der Waals surface area contributed by atoms with Gasteiger partial charge in [0.25, 0.3) is 0 Å². The highest BCUT2D eigenvalue weighted by molar-refractivity contribution is 5.90. The number of nitrogens with zero attached hydrogens (tertiary/aromatic N) is 3. The zero-order chi connectivity index (χ0) is 39.3. The molecule has 1 aliphatic rings.